The lowest BCUT2D eigenvalue weighted by molar-refractivity contribution is -0.111. The van der Waals surface area contributed by atoms with Crippen molar-refractivity contribution < 1.29 is 23.5 Å². The molecule has 1 aliphatic heterocycles. The number of hydrogen-bond acceptors (Lipinski definition) is 5. The van der Waals surface area contributed by atoms with Gasteiger partial charge in [-0.1, -0.05) is 35.9 Å². The molecule has 0 aliphatic carbocycles. The number of furan rings is 1. The summed E-state index contributed by atoms with van der Waals surface area (Å²) in [4.78, 5) is 26.0. The maximum absolute atomic E-state index is 13.3. The molecule has 1 N–H and O–H groups in total. The predicted octanol–water partition coefficient (Wildman–Crippen LogP) is 5.74. The van der Waals surface area contributed by atoms with E-state index in [0.29, 0.717) is 52.0 Å². The zero-order chi connectivity index (χ0) is 22.8. The number of benzene rings is 3. The number of ketones is 1. The molecule has 0 spiro atoms. The molecule has 7 heteroatoms. The van der Waals surface area contributed by atoms with Gasteiger partial charge >= 0.3 is 0 Å². The summed E-state index contributed by atoms with van der Waals surface area (Å²) in [6, 6.07) is 19.2. The molecule has 1 amide bonds. The summed E-state index contributed by atoms with van der Waals surface area (Å²) in [6.45, 7) is 0.875. The Balaban J connectivity index is 1.46. The maximum Gasteiger partial charge on any atom is 0.248 e. The number of hydrogen-bond donors (Lipinski definition) is 1. The monoisotopic (exact) mass is 459 g/mol. The highest BCUT2D eigenvalue weighted by atomic mass is 35.5. The smallest absolute Gasteiger partial charge is 0.248 e. The third-order valence-corrected chi connectivity index (χ3v) is 5.40. The van der Waals surface area contributed by atoms with Crippen molar-refractivity contribution in [2.45, 2.75) is 0 Å². The summed E-state index contributed by atoms with van der Waals surface area (Å²) in [5, 5.41) is 4.05. The fraction of sp³-hybridized carbons (Fsp3) is 0.0769. The first-order valence-corrected chi connectivity index (χ1v) is 10.7. The van der Waals surface area contributed by atoms with E-state index in [0.717, 1.165) is 5.56 Å². The van der Waals surface area contributed by atoms with Crippen LogP contribution in [0.3, 0.4) is 0 Å². The van der Waals surface area contributed by atoms with Crippen LogP contribution in [0.25, 0.3) is 17.0 Å². The Labute approximate surface area is 194 Å². The molecule has 2 heterocycles. The second-order valence-corrected chi connectivity index (χ2v) is 7.80. The van der Waals surface area contributed by atoms with Gasteiger partial charge in [0.15, 0.2) is 17.3 Å². The van der Waals surface area contributed by atoms with E-state index in [4.69, 9.17) is 25.5 Å². The van der Waals surface area contributed by atoms with E-state index in [9.17, 15) is 9.59 Å². The number of fused-ring (bicyclic) bond motifs is 2. The van der Waals surface area contributed by atoms with Gasteiger partial charge in [-0.25, -0.2) is 0 Å². The van der Waals surface area contributed by atoms with E-state index >= 15 is 0 Å². The van der Waals surface area contributed by atoms with E-state index in [1.54, 1.807) is 66.7 Å². The van der Waals surface area contributed by atoms with Crippen LogP contribution in [0.4, 0.5) is 5.69 Å². The summed E-state index contributed by atoms with van der Waals surface area (Å²) < 4.78 is 17.0. The van der Waals surface area contributed by atoms with Crippen LogP contribution in [0, 0.1) is 0 Å². The van der Waals surface area contributed by atoms with Gasteiger partial charge in [0.2, 0.25) is 11.7 Å². The van der Waals surface area contributed by atoms with Crippen molar-refractivity contribution in [3.63, 3.8) is 0 Å². The fourth-order valence-electron chi connectivity index (χ4n) is 3.56. The van der Waals surface area contributed by atoms with E-state index in [2.05, 4.69) is 5.32 Å². The number of para-hydroxylation sites is 1. The standard InChI is InChI=1S/C26H18ClNO5/c27-18-9-5-16(6-10-18)7-12-23(29)28-24-19-3-1-2-4-20(19)33-26(24)25(30)17-8-11-21-22(15-17)32-14-13-31-21/h1-12,15H,13-14H2,(H,28,29)/b12-7+. The Morgan fingerprint density at radius 2 is 1.67 bits per heavy atom. The van der Waals surface area contributed by atoms with Gasteiger partial charge in [-0.3, -0.25) is 9.59 Å². The van der Waals surface area contributed by atoms with Crippen molar-refractivity contribution in [2.24, 2.45) is 0 Å². The molecule has 0 radical (unpaired) electrons. The molecular formula is C26H18ClNO5. The number of amides is 1. The van der Waals surface area contributed by atoms with Gasteiger partial charge in [-0.2, -0.15) is 0 Å². The van der Waals surface area contributed by atoms with Crippen LogP contribution < -0.4 is 14.8 Å². The molecule has 0 saturated carbocycles. The molecule has 0 atom stereocenters. The minimum Gasteiger partial charge on any atom is -0.486 e. The average Bonchev–Trinajstić information content (AvgIpc) is 3.21. The van der Waals surface area contributed by atoms with Crippen molar-refractivity contribution in [3.05, 3.63) is 94.7 Å². The van der Waals surface area contributed by atoms with Crippen LogP contribution in [0.15, 0.2) is 77.2 Å². The highest BCUT2D eigenvalue weighted by Crippen LogP contribution is 2.35. The average molecular weight is 460 g/mol. The molecule has 1 aromatic heterocycles. The zero-order valence-corrected chi connectivity index (χ0v) is 18.1. The molecule has 6 nitrogen and oxygen atoms in total. The van der Waals surface area contributed by atoms with Crippen LogP contribution in [0.1, 0.15) is 21.7 Å². The van der Waals surface area contributed by atoms with E-state index in [1.807, 2.05) is 6.07 Å². The fourth-order valence-corrected chi connectivity index (χ4v) is 3.68. The number of ether oxygens (including phenoxy) is 2. The lowest BCUT2D eigenvalue weighted by atomic mass is 10.1. The number of carbonyl (C=O) groups is 2. The first-order valence-electron chi connectivity index (χ1n) is 10.3. The Bertz CT molecular complexity index is 1390. The molecule has 33 heavy (non-hydrogen) atoms. The van der Waals surface area contributed by atoms with Crippen molar-refractivity contribution in [3.8, 4) is 11.5 Å². The lowest BCUT2D eigenvalue weighted by Crippen LogP contribution is -2.16. The molecule has 0 saturated heterocycles. The summed E-state index contributed by atoms with van der Waals surface area (Å²) in [5.41, 5.74) is 2.00. The molecule has 4 aromatic rings. The van der Waals surface area contributed by atoms with Crippen molar-refractivity contribution in [1.82, 2.24) is 0 Å². The Morgan fingerprint density at radius 1 is 0.909 bits per heavy atom. The van der Waals surface area contributed by atoms with Crippen LogP contribution in [0.2, 0.25) is 5.02 Å². The van der Waals surface area contributed by atoms with Crippen LogP contribution in [-0.4, -0.2) is 24.9 Å². The largest absolute Gasteiger partial charge is 0.486 e. The maximum atomic E-state index is 13.3. The topological polar surface area (TPSA) is 77.8 Å². The molecule has 0 fully saturated rings. The number of halogens is 1. The SMILES string of the molecule is O=C(/C=C/c1ccc(Cl)cc1)Nc1c(C(=O)c2ccc3c(c2)OCCO3)oc2ccccc12. The molecular weight excluding hydrogens is 442 g/mol. The van der Waals surface area contributed by atoms with Gasteiger partial charge in [-0.15, -0.1) is 0 Å². The number of nitrogens with one attached hydrogen (secondary N) is 1. The number of rotatable bonds is 5. The van der Waals surface area contributed by atoms with Gasteiger partial charge in [0.25, 0.3) is 0 Å². The number of carbonyl (C=O) groups excluding carboxylic acids is 2. The molecule has 1 aliphatic rings. The van der Waals surface area contributed by atoms with Gasteiger partial charge < -0.3 is 19.2 Å². The van der Waals surface area contributed by atoms with Crippen LogP contribution >= 0.6 is 11.6 Å². The summed E-state index contributed by atoms with van der Waals surface area (Å²) in [6.07, 6.45) is 3.06. The minimum atomic E-state index is -0.396. The molecule has 0 unspecified atom stereocenters. The van der Waals surface area contributed by atoms with Gasteiger partial charge in [0, 0.05) is 22.0 Å². The van der Waals surface area contributed by atoms with Crippen LogP contribution in [-0.2, 0) is 4.79 Å². The Hall–Kier alpha value is -4.03. The van der Waals surface area contributed by atoms with Crippen LogP contribution in [0.5, 0.6) is 11.5 Å². The molecule has 5 rings (SSSR count). The van der Waals surface area contributed by atoms with E-state index < -0.39 is 5.91 Å². The first kappa shape index (κ1) is 20.8. The highest BCUT2D eigenvalue weighted by Gasteiger charge is 2.24. The quantitative estimate of drug-likeness (QED) is 0.304. The lowest BCUT2D eigenvalue weighted by Gasteiger charge is -2.18. The Morgan fingerprint density at radius 3 is 2.48 bits per heavy atom. The van der Waals surface area contributed by atoms with Gasteiger partial charge in [0.05, 0.1) is 5.69 Å². The van der Waals surface area contributed by atoms with Crippen molar-refractivity contribution in [2.75, 3.05) is 18.5 Å². The van der Waals surface area contributed by atoms with Gasteiger partial charge in [-0.05, 0) is 54.1 Å². The second-order valence-electron chi connectivity index (χ2n) is 7.36. The molecule has 164 valence electrons. The summed E-state index contributed by atoms with van der Waals surface area (Å²) in [5.74, 6) is 0.358. The second kappa shape index (κ2) is 8.84. The highest BCUT2D eigenvalue weighted by molar-refractivity contribution is 6.30. The normalized spacial score (nSPS) is 12.8. The predicted molar refractivity (Wildman–Crippen MR) is 126 cm³/mol. The third kappa shape index (κ3) is 4.33. The summed E-state index contributed by atoms with van der Waals surface area (Å²) >= 11 is 5.90. The minimum absolute atomic E-state index is 0.0427. The van der Waals surface area contributed by atoms with E-state index in [-0.39, 0.29) is 11.5 Å². The number of anilines is 1. The van der Waals surface area contributed by atoms with Crippen molar-refractivity contribution in [1.29, 1.82) is 0 Å². The summed E-state index contributed by atoms with van der Waals surface area (Å²) in [7, 11) is 0. The zero-order valence-electron chi connectivity index (χ0n) is 17.3. The molecule has 3 aromatic carbocycles. The first-order chi connectivity index (χ1) is 16.1. The third-order valence-electron chi connectivity index (χ3n) is 5.15. The van der Waals surface area contributed by atoms with E-state index in [1.165, 1.54) is 6.08 Å². The molecule has 0 bridgehead atoms. The van der Waals surface area contributed by atoms with Gasteiger partial charge in [0.1, 0.15) is 18.8 Å². The van der Waals surface area contributed by atoms with Crippen molar-refractivity contribution >= 4 is 46.0 Å². The Kier molecular flexibility index (Phi) is 5.59.